The van der Waals surface area contributed by atoms with Gasteiger partial charge in [-0.3, -0.25) is 4.79 Å². The standard InChI is InChI=1S/C10H12BrNO2/c11-6-10(2-3-10)7-12-9(13)8-1-4-14-5-8/h1,4-5H,2-3,6-7H2,(H,12,13). The molecule has 0 spiro atoms. The molecule has 3 nitrogen and oxygen atoms in total. The summed E-state index contributed by atoms with van der Waals surface area (Å²) in [5.41, 5.74) is 0.912. The van der Waals surface area contributed by atoms with E-state index in [4.69, 9.17) is 4.42 Å². The molecule has 1 amide bonds. The van der Waals surface area contributed by atoms with Crippen LogP contribution < -0.4 is 5.32 Å². The normalized spacial score (nSPS) is 17.8. The Morgan fingerprint density at radius 3 is 2.93 bits per heavy atom. The molecule has 0 aliphatic heterocycles. The van der Waals surface area contributed by atoms with E-state index in [9.17, 15) is 4.79 Å². The second-order valence-corrected chi connectivity index (χ2v) is 4.39. The van der Waals surface area contributed by atoms with Crippen LogP contribution in [0.5, 0.6) is 0 Å². The van der Waals surface area contributed by atoms with Crippen LogP contribution in [0.3, 0.4) is 0 Å². The minimum Gasteiger partial charge on any atom is -0.472 e. The van der Waals surface area contributed by atoms with E-state index in [1.165, 1.54) is 25.4 Å². The minimum atomic E-state index is -0.0500. The topological polar surface area (TPSA) is 42.2 Å². The molecule has 0 unspecified atom stereocenters. The van der Waals surface area contributed by atoms with Crippen molar-refractivity contribution in [3.8, 4) is 0 Å². The van der Waals surface area contributed by atoms with E-state index in [1.54, 1.807) is 6.07 Å². The van der Waals surface area contributed by atoms with Gasteiger partial charge in [0, 0.05) is 11.9 Å². The van der Waals surface area contributed by atoms with Crippen LogP contribution in [-0.4, -0.2) is 17.8 Å². The van der Waals surface area contributed by atoms with Crippen molar-refractivity contribution in [1.82, 2.24) is 5.32 Å². The molecule has 1 N–H and O–H groups in total. The van der Waals surface area contributed by atoms with Crippen LogP contribution in [0.2, 0.25) is 0 Å². The van der Waals surface area contributed by atoms with Crippen molar-refractivity contribution in [2.24, 2.45) is 5.41 Å². The first-order chi connectivity index (χ1) is 6.76. The predicted octanol–water partition coefficient (Wildman–Crippen LogP) is 2.18. The average Bonchev–Trinajstić information content (AvgIpc) is 2.78. The Morgan fingerprint density at radius 2 is 2.43 bits per heavy atom. The number of hydrogen-bond acceptors (Lipinski definition) is 2. The SMILES string of the molecule is O=C(NCC1(CBr)CC1)c1ccoc1. The van der Waals surface area contributed by atoms with E-state index < -0.39 is 0 Å². The van der Waals surface area contributed by atoms with Crippen molar-refractivity contribution in [3.05, 3.63) is 24.2 Å². The Labute approximate surface area is 91.0 Å². The number of halogens is 1. The van der Waals surface area contributed by atoms with Crippen LogP contribution >= 0.6 is 15.9 Å². The smallest absolute Gasteiger partial charge is 0.254 e. The summed E-state index contributed by atoms with van der Waals surface area (Å²) in [6.07, 6.45) is 5.36. The van der Waals surface area contributed by atoms with Gasteiger partial charge in [0.05, 0.1) is 11.8 Å². The lowest BCUT2D eigenvalue weighted by atomic mass is 10.1. The molecule has 0 bridgehead atoms. The van der Waals surface area contributed by atoms with Crippen LogP contribution in [-0.2, 0) is 0 Å². The van der Waals surface area contributed by atoms with E-state index >= 15 is 0 Å². The summed E-state index contributed by atoms with van der Waals surface area (Å²) in [6, 6.07) is 1.67. The van der Waals surface area contributed by atoms with Crippen LogP contribution in [0.15, 0.2) is 23.0 Å². The highest BCUT2D eigenvalue weighted by atomic mass is 79.9. The molecule has 76 valence electrons. The van der Waals surface area contributed by atoms with Gasteiger partial charge in [-0.05, 0) is 24.3 Å². The summed E-state index contributed by atoms with van der Waals surface area (Å²) < 4.78 is 4.84. The molecule has 4 heteroatoms. The van der Waals surface area contributed by atoms with E-state index in [2.05, 4.69) is 21.2 Å². The molecular formula is C10H12BrNO2. The second kappa shape index (κ2) is 3.77. The van der Waals surface area contributed by atoms with Gasteiger partial charge in [-0.15, -0.1) is 0 Å². The molecule has 0 radical (unpaired) electrons. The van der Waals surface area contributed by atoms with E-state index in [-0.39, 0.29) is 5.91 Å². The zero-order valence-electron chi connectivity index (χ0n) is 7.75. The Balaban J connectivity index is 1.84. The Kier molecular flexibility index (Phi) is 2.63. The Hall–Kier alpha value is -0.770. The summed E-state index contributed by atoms with van der Waals surface area (Å²) in [5.74, 6) is -0.0500. The summed E-state index contributed by atoms with van der Waals surface area (Å²) in [4.78, 5) is 11.5. The largest absolute Gasteiger partial charge is 0.472 e. The fourth-order valence-electron chi connectivity index (χ4n) is 1.30. The highest BCUT2D eigenvalue weighted by molar-refractivity contribution is 9.09. The zero-order valence-corrected chi connectivity index (χ0v) is 9.34. The van der Waals surface area contributed by atoms with Gasteiger partial charge in [0.15, 0.2) is 0 Å². The third-order valence-electron chi connectivity index (χ3n) is 2.65. The van der Waals surface area contributed by atoms with E-state index in [0.717, 1.165) is 11.9 Å². The van der Waals surface area contributed by atoms with Crippen molar-refractivity contribution in [1.29, 1.82) is 0 Å². The summed E-state index contributed by atoms with van der Waals surface area (Å²) in [7, 11) is 0. The zero-order chi connectivity index (χ0) is 10.0. The number of hydrogen-bond donors (Lipinski definition) is 1. The second-order valence-electron chi connectivity index (χ2n) is 3.83. The van der Waals surface area contributed by atoms with Gasteiger partial charge >= 0.3 is 0 Å². The highest BCUT2D eigenvalue weighted by Gasteiger charge is 2.41. The lowest BCUT2D eigenvalue weighted by Crippen LogP contribution is -2.30. The van der Waals surface area contributed by atoms with E-state index in [0.29, 0.717) is 11.0 Å². The fraction of sp³-hybridized carbons (Fsp3) is 0.500. The maximum absolute atomic E-state index is 11.5. The third-order valence-corrected chi connectivity index (χ3v) is 3.84. The lowest BCUT2D eigenvalue weighted by molar-refractivity contribution is 0.0946. The molecule has 1 aliphatic carbocycles. The fourth-order valence-corrected chi connectivity index (χ4v) is 2.06. The van der Waals surface area contributed by atoms with Crippen LogP contribution in [0.25, 0.3) is 0 Å². The summed E-state index contributed by atoms with van der Waals surface area (Å²) >= 11 is 3.46. The Bertz CT molecular complexity index is 317. The number of rotatable bonds is 4. The van der Waals surface area contributed by atoms with Crippen molar-refractivity contribution in [3.63, 3.8) is 0 Å². The number of nitrogens with one attached hydrogen (secondary N) is 1. The summed E-state index contributed by atoms with van der Waals surface area (Å²) in [5, 5.41) is 3.87. The molecule has 1 heterocycles. The van der Waals surface area contributed by atoms with Crippen molar-refractivity contribution >= 4 is 21.8 Å². The average molecular weight is 258 g/mol. The number of alkyl halides is 1. The van der Waals surface area contributed by atoms with Gasteiger partial charge < -0.3 is 9.73 Å². The lowest BCUT2D eigenvalue weighted by Gasteiger charge is -2.11. The molecule has 0 saturated heterocycles. The summed E-state index contributed by atoms with van der Waals surface area (Å²) in [6.45, 7) is 0.752. The first-order valence-corrected chi connectivity index (χ1v) is 5.74. The molecule has 1 fully saturated rings. The number of carbonyl (C=O) groups is 1. The molecule has 1 aliphatic rings. The van der Waals surface area contributed by atoms with Crippen LogP contribution in [0.4, 0.5) is 0 Å². The van der Waals surface area contributed by atoms with Gasteiger partial charge in [-0.25, -0.2) is 0 Å². The van der Waals surface area contributed by atoms with Crippen molar-refractivity contribution < 1.29 is 9.21 Å². The Morgan fingerprint density at radius 1 is 1.64 bits per heavy atom. The van der Waals surface area contributed by atoms with Crippen LogP contribution in [0.1, 0.15) is 23.2 Å². The van der Waals surface area contributed by atoms with Crippen molar-refractivity contribution in [2.45, 2.75) is 12.8 Å². The molecule has 1 aromatic rings. The minimum absolute atomic E-state index is 0.0500. The molecule has 0 aromatic carbocycles. The highest BCUT2D eigenvalue weighted by Crippen LogP contribution is 2.46. The first kappa shape index (κ1) is 9.77. The first-order valence-electron chi connectivity index (χ1n) is 4.62. The maximum Gasteiger partial charge on any atom is 0.254 e. The molecular weight excluding hydrogens is 246 g/mol. The number of carbonyl (C=O) groups excluding carboxylic acids is 1. The quantitative estimate of drug-likeness (QED) is 0.841. The van der Waals surface area contributed by atoms with Gasteiger partial charge in [-0.2, -0.15) is 0 Å². The maximum atomic E-state index is 11.5. The van der Waals surface area contributed by atoms with Gasteiger partial charge in [0.1, 0.15) is 6.26 Å². The third kappa shape index (κ3) is 2.00. The van der Waals surface area contributed by atoms with Gasteiger partial charge in [-0.1, -0.05) is 15.9 Å². The molecule has 1 saturated carbocycles. The number of furan rings is 1. The van der Waals surface area contributed by atoms with Crippen LogP contribution in [0, 0.1) is 5.41 Å². The van der Waals surface area contributed by atoms with Gasteiger partial charge in [0.2, 0.25) is 0 Å². The van der Waals surface area contributed by atoms with Gasteiger partial charge in [0.25, 0.3) is 5.91 Å². The molecule has 2 rings (SSSR count). The monoisotopic (exact) mass is 257 g/mol. The molecule has 0 atom stereocenters. The van der Waals surface area contributed by atoms with E-state index in [1.807, 2.05) is 0 Å². The molecule has 14 heavy (non-hydrogen) atoms. The van der Waals surface area contributed by atoms with Crippen molar-refractivity contribution in [2.75, 3.05) is 11.9 Å². The predicted molar refractivity (Wildman–Crippen MR) is 56.5 cm³/mol. The number of amides is 1. The molecule has 1 aromatic heterocycles.